The van der Waals surface area contributed by atoms with E-state index in [0.717, 1.165) is 17.5 Å². The smallest absolute Gasteiger partial charge is 0.331 e. The number of phenolic OH excluding ortho intramolecular Hbond substituents is 1. The number of aromatic nitrogens is 1. The largest absolute Gasteiger partial charge is 0.504 e. The summed E-state index contributed by atoms with van der Waals surface area (Å²) in [5.41, 5.74) is 3.71. The van der Waals surface area contributed by atoms with Gasteiger partial charge in [-0.3, -0.25) is 4.98 Å². The van der Waals surface area contributed by atoms with Gasteiger partial charge in [0, 0.05) is 52.6 Å². The van der Waals surface area contributed by atoms with Crippen molar-refractivity contribution < 1.29 is 43.8 Å². The summed E-state index contributed by atoms with van der Waals surface area (Å²) in [5, 5.41) is 30.5. The van der Waals surface area contributed by atoms with Crippen molar-refractivity contribution in [2.24, 2.45) is 0 Å². The minimum absolute atomic E-state index is 0.0152. The van der Waals surface area contributed by atoms with E-state index >= 15 is 0 Å². The van der Waals surface area contributed by atoms with Crippen LogP contribution in [0.3, 0.4) is 0 Å². The first-order chi connectivity index (χ1) is 21.8. The number of carboxylic acids is 1. The molecule has 3 N–H and O–H groups in total. The molecule has 4 rings (SSSR count). The van der Waals surface area contributed by atoms with Crippen LogP contribution in [-0.2, 0) is 24.4 Å². The highest BCUT2D eigenvalue weighted by atomic mass is 16.5. The highest BCUT2D eigenvalue weighted by molar-refractivity contribution is 5.95. The molecular weight excluding hydrogens is 578 g/mol. The maximum atomic E-state index is 12.6. The molecule has 0 unspecified atom stereocenters. The number of aromatic hydroxyl groups is 1. The zero-order chi connectivity index (χ0) is 32.3. The van der Waals surface area contributed by atoms with Gasteiger partial charge in [-0.2, -0.15) is 0 Å². The second-order valence-electron chi connectivity index (χ2n) is 10.0. The number of aliphatic hydroxyl groups excluding tert-OH is 1. The summed E-state index contributed by atoms with van der Waals surface area (Å²) >= 11 is 0. The molecule has 1 aromatic heterocycles. The molecule has 0 atom stereocenters. The van der Waals surface area contributed by atoms with Crippen LogP contribution in [-0.4, -0.2) is 54.2 Å². The van der Waals surface area contributed by atoms with Crippen LogP contribution in [0.4, 0.5) is 0 Å². The first kappa shape index (κ1) is 32.7. The van der Waals surface area contributed by atoms with Gasteiger partial charge in [-0.05, 0) is 41.8 Å². The van der Waals surface area contributed by atoms with E-state index in [4.69, 9.17) is 23.7 Å². The van der Waals surface area contributed by atoms with Crippen LogP contribution >= 0.6 is 0 Å². The third-order valence-corrected chi connectivity index (χ3v) is 7.10. The van der Waals surface area contributed by atoms with E-state index in [2.05, 4.69) is 4.98 Å². The van der Waals surface area contributed by atoms with Gasteiger partial charge in [-0.25, -0.2) is 4.79 Å². The van der Waals surface area contributed by atoms with Gasteiger partial charge in [-0.1, -0.05) is 31.2 Å². The van der Waals surface area contributed by atoms with Gasteiger partial charge in [0.1, 0.15) is 29.6 Å². The van der Waals surface area contributed by atoms with E-state index < -0.39 is 5.97 Å². The van der Waals surface area contributed by atoms with Crippen molar-refractivity contribution in [2.45, 2.75) is 33.0 Å². The molecule has 0 bridgehead atoms. The van der Waals surface area contributed by atoms with E-state index in [-0.39, 0.29) is 36.7 Å². The van der Waals surface area contributed by atoms with Gasteiger partial charge in [-0.15, -0.1) is 0 Å². The number of aliphatic carboxylic acids is 1. The Morgan fingerprint density at radius 2 is 1.60 bits per heavy atom. The molecule has 0 aliphatic carbocycles. The van der Waals surface area contributed by atoms with Crippen LogP contribution in [0.2, 0.25) is 0 Å². The van der Waals surface area contributed by atoms with Crippen LogP contribution in [0.5, 0.6) is 34.5 Å². The average Bonchev–Trinajstić information content (AvgIpc) is 3.06. The molecule has 0 saturated carbocycles. The predicted molar refractivity (Wildman–Crippen MR) is 169 cm³/mol. The van der Waals surface area contributed by atoms with E-state index in [1.165, 1.54) is 32.4 Å². The fourth-order valence-electron chi connectivity index (χ4n) is 4.81. The van der Waals surface area contributed by atoms with Gasteiger partial charge in [0.15, 0.2) is 11.5 Å². The van der Waals surface area contributed by atoms with Crippen molar-refractivity contribution in [1.29, 1.82) is 0 Å². The van der Waals surface area contributed by atoms with Crippen molar-refractivity contribution in [3.05, 3.63) is 94.8 Å². The minimum atomic E-state index is -1.16. The number of pyridine rings is 1. The Labute approximate surface area is 262 Å². The first-order valence-corrected chi connectivity index (χ1v) is 14.3. The Hall–Kier alpha value is -5.22. The van der Waals surface area contributed by atoms with Crippen LogP contribution in [0, 0.1) is 0 Å². The lowest BCUT2D eigenvalue weighted by Gasteiger charge is -2.19. The Morgan fingerprint density at radius 3 is 2.27 bits per heavy atom. The minimum Gasteiger partial charge on any atom is -0.504 e. The summed E-state index contributed by atoms with van der Waals surface area (Å²) in [7, 11) is 4.43. The zero-order valence-electron chi connectivity index (χ0n) is 25.7. The first-order valence-electron chi connectivity index (χ1n) is 14.3. The van der Waals surface area contributed by atoms with Crippen molar-refractivity contribution >= 4 is 12.0 Å². The van der Waals surface area contributed by atoms with Gasteiger partial charge < -0.3 is 39.0 Å². The third kappa shape index (κ3) is 7.84. The van der Waals surface area contributed by atoms with E-state index in [9.17, 15) is 20.1 Å². The number of phenols is 1. The normalized spacial score (nSPS) is 11.2. The Bertz CT molecular complexity index is 1670. The Morgan fingerprint density at radius 1 is 0.844 bits per heavy atom. The molecule has 4 aromatic rings. The molecule has 0 radical (unpaired) electrons. The number of nitrogens with zero attached hydrogens (tertiary/aromatic N) is 1. The molecule has 3 aromatic carbocycles. The molecule has 45 heavy (non-hydrogen) atoms. The summed E-state index contributed by atoms with van der Waals surface area (Å²) in [6.07, 6.45) is 5.35. The third-order valence-electron chi connectivity index (χ3n) is 7.10. The van der Waals surface area contributed by atoms with E-state index in [0.29, 0.717) is 51.9 Å². The van der Waals surface area contributed by atoms with Crippen molar-refractivity contribution in [2.75, 3.05) is 27.9 Å². The highest BCUT2D eigenvalue weighted by Crippen LogP contribution is 2.42. The second kappa shape index (κ2) is 15.5. The fraction of sp³-hybridized carbons (Fsp3) is 0.257. The SMILES string of the molecule is CCCOc1cncc(/C=C(\Cc2cc(O)c(OC)cc2OC)C(=O)O)c1-c1ccc(OC)cc1OCc1ccccc1CO. The lowest BCUT2D eigenvalue weighted by Crippen LogP contribution is -2.07. The maximum Gasteiger partial charge on any atom is 0.331 e. The number of carbonyl (C=O) groups is 1. The molecule has 236 valence electrons. The fourth-order valence-corrected chi connectivity index (χ4v) is 4.81. The zero-order valence-corrected chi connectivity index (χ0v) is 25.7. The predicted octanol–water partition coefficient (Wildman–Crippen LogP) is 6.05. The van der Waals surface area contributed by atoms with Gasteiger partial charge in [0.2, 0.25) is 0 Å². The number of hydrogen-bond acceptors (Lipinski definition) is 9. The summed E-state index contributed by atoms with van der Waals surface area (Å²) in [6.45, 7) is 2.43. The highest BCUT2D eigenvalue weighted by Gasteiger charge is 2.21. The van der Waals surface area contributed by atoms with Crippen molar-refractivity contribution in [3.8, 4) is 45.6 Å². The summed E-state index contributed by atoms with van der Waals surface area (Å²) in [6, 6.07) is 15.7. The molecule has 0 fully saturated rings. The summed E-state index contributed by atoms with van der Waals surface area (Å²) in [4.78, 5) is 16.9. The number of ether oxygens (including phenoxy) is 5. The van der Waals surface area contributed by atoms with Gasteiger partial charge in [0.05, 0.1) is 40.7 Å². The number of aliphatic hydroxyl groups is 1. The van der Waals surface area contributed by atoms with Crippen LogP contribution in [0.25, 0.3) is 17.2 Å². The van der Waals surface area contributed by atoms with Crippen LogP contribution in [0.1, 0.15) is 35.6 Å². The second-order valence-corrected chi connectivity index (χ2v) is 10.0. The monoisotopic (exact) mass is 615 g/mol. The standard InChI is InChI=1S/C35H37NO9/c1-5-12-44-33-19-36-18-26(14-25(35(39)40)13-24-15-29(38)32(43-4)17-30(24)42-3)34(33)28-11-10-27(41-2)16-31(28)45-21-23-9-7-6-8-22(23)20-37/h6-11,14-19,37-38H,5,12-13,20-21H2,1-4H3,(H,39,40)/b25-14+. The van der Waals surface area contributed by atoms with E-state index in [1.54, 1.807) is 31.6 Å². The lowest BCUT2D eigenvalue weighted by molar-refractivity contribution is -0.132. The molecule has 0 aliphatic heterocycles. The number of methoxy groups -OCH3 is 3. The topological polar surface area (TPSA) is 137 Å². The lowest BCUT2D eigenvalue weighted by atomic mass is 9.95. The Balaban J connectivity index is 1.86. The quantitative estimate of drug-likeness (QED) is 0.136. The van der Waals surface area contributed by atoms with Crippen molar-refractivity contribution in [3.63, 3.8) is 0 Å². The average molecular weight is 616 g/mol. The van der Waals surface area contributed by atoms with Gasteiger partial charge in [0.25, 0.3) is 0 Å². The van der Waals surface area contributed by atoms with Gasteiger partial charge >= 0.3 is 5.97 Å². The molecule has 0 aliphatic rings. The molecule has 0 spiro atoms. The van der Waals surface area contributed by atoms with Crippen LogP contribution in [0.15, 0.2) is 72.6 Å². The number of rotatable bonds is 15. The summed E-state index contributed by atoms with van der Waals surface area (Å²) < 4.78 is 28.6. The molecular formula is C35H37NO9. The molecule has 0 saturated heterocycles. The number of hydrogen-bond donors (Lipinski definition) is 3. The van der Waals surface area contributed by atoms with Crippen LogP contribution < -0.4 is 23.7 Å². The number of carboxylic acid groups (broad SMARTS) is 1. The molecule has 10 nitrogen and oxygen atoms in total. The summed E-state index contributed by atoms with van der Waals surface area (Å²) in [5.74, 6) is 0.734. The molecule has 0 amide bonds. The Kier molecular flexibility index (Phi) is 11.3. The maximum absolute atomic E-state index is 12.6. The van der Waals surface area contributed by atoms with E-state index in [1.807, 2.05) is 37.3 Å². The number of benzene rings is 3. The van der Waals surface area contributed by atoms with Crippen molar-refractivity contribution in [1.82, 2.24) is 4.98 Å². The molecule has 10 heteroatoms. The molecule has 1 heterocycles.